The van der Waals surface area contributed by atoms with Crippen molar-refractivity contribution < 1.29 is 8.42 Å². The monoisotopic (exact) mass is 270 g/mol. The first-order valence-corrected chi connectivity index (χ1v) is 10.3. The van der Waals surface area contributed by atoms with E-state index in [2.05, 4.69) is 35.6 Å². The highest BCUT2D eigenvalue weighted by Crippen LogP contribution is 2.09. The van der Waals surface area contributed by atoms with Crippen LogP contribution < -0.4 is 0 Å². The van der Waals surface area contributed by atoms with E-state index in [1.165, 1.54) is 5.41 Å². The summed E-state index contributed by atoms with van der Waals surface area (Å²) < 4.78 is 21.9. The highest BCUT2D eigenvalue weighted by molar-refractivity contribution is 9.10. The van der Waals surface area contributed by atoms with Crippen LogP contribution in [0.4, 0.5) is 0 Å². The molecule has 0 aliphatic heterocycles. The van der Waals surface area contributed by atoms with Crippen LogP contribution in [0.15, 0.2) is 11.5 Å². The van der Waals surface area contributed by atoms with E-state index in [4.69, 9.17) is 0 Å². The van der Waals surface area contributed by atoms with Crippen molar-refractivity contribution in [3.8, 4) is 0 Å². The Morgan fingerprint density at radius 2 is 1.83 bits per heavy atom. The van der Waals surface area contributed by atoms with Gasteiger partial charge >= 0.3 is 0 Å². The van der Waals surface area contributed by atoms with Crippen LogP contribution in [0.25, 0.3) is 0 Å². The number of hydrogen-bond donors (Lipinski definition) is 0. The van der Waals surface area contributed by atoms with Gasteiger partial charge in [0, 0.05) is 13.5 Å². The third-order valence-corrected chi connectivity index (χ3v) is 5.47. The predicted molar refractivity (Wildman–Crippen MR) is 60.0 cm³/mol. The van der Waals surface area contributed by atoms with Gasteiger partial charge in [-0.15, -0.1) is 0 Å². The summed E-state index contributed by atoms with van der Waals surface area (Å²) in [6.45, 7) is 6.62. The first kappa shape index (κ1) is 12.4. The molecule has 0 saturated heterocycles. The number of halogens is 1. The molecule has 0 aromatic rings. The van der Waals surface area contributed by atoms with E-state index in [0.29, 0.717) is 0 Å². The standard InChI is InChI=1S/C7H15BrO2SSi/c1-12(2,3)6-4-5-11(9,10)7-8/h4-5H,6-7H2,1-3H3. The van der Waals surface area contributed by atoms with Gasteiger partial charge in [0.25, 0.3) is 0 Å². The van der Waals surface area contributed by atoms with Gasteiger partial charge in [0.1, 0.15) is 4.66 Å². The molecule has 0 radical (unpaired) electrons. The van der Waals surface area contributed by atoms with E-state index >= 15 is 0 Å². The quantitative estimate of drug-likeness (QED) is 0.582. The SMILES string of the molecule is C[Si](C)(C)CC=CS(=O)(=O)CBr. The van der Waals surface area contributed by atoms with Gasteiger partial charge in [-0.2, -0.15) is 0 Å². The Morgan fingerprint density at radius 3 is 2.17 bits per heavy atom. The molecular formula is C7H15BrO2SSi. The molecule has 0 unspecified atom stereocenters. The van der Waals surface area contributed by atoms with E-state index in [1.807, 2.05) is 0 Å². The van der Waals surface area contributed by atoms with E-state index in [1.54, 1.807) is 6.08 Å². The fraction of sp³-hybridized carbons (Fsp3) is 0.714. The molecule has 0 N–H and O–H groups in total. The molecular weight excluding hydrogens is 256 g/mol. The minimum atomic E-state index is -2.98. The minimum Gasteiger partial charge on any atom is -0.223 e. The van der Waals surface area contributed by atoms with E-state index in [-0.39, 0.29) is 4.66 Å². The number of sulfone groups is 1. The Morgan fingerprint density at radius 1 is 1.33 bits per heavy atom. The topological polar surface area (TPSA) is 34.1 Å². The molecule has 0 aliphatic carbocycles. The van der Waals surface area contributed by atoms with Crippen molar-refractivity contribution in [3.63, 3.8) is 0 Å². The van der Waals surface area contributed by atoms with Gasteiger partial charge in [-0.1, -0.05) is 41.6 Å². The van der Waals surface area contributed by atoms with Crippen molar-refractivity contribution in [2.75, 3.05) is 4.66 Å². The molecule has 0 aromatic heterocycles. The molecule has 0 aliphatic rings. The number of allylic oxidation sites excluding steroid dienone is 1. The second-order valence-corrected chi connectivity index (χ2v) is 12.6. The van der Waals surface area contributed by atoms with Gasteiger partial charge in [0.2, 0.25) is 0 Å². The molecule has 0 spiro atoms. The maximum Gasteiger partial charge on any atom is 0.181 e. The van der Waals surface area contributed by atoms with Gasteiger partial charge in [-0.25, -0.2) is 8.42 Å². The van der Waals surface area contributed by atoms with Crippen LogP contribution in [0.2, 0.25) is 25.7 Å². The fourth-order valence-electron chi connectivity index (χ4n) is 0.585. The zero-order chi connectivity index (χ0) is 9.83. The summed E-state index contributed by atoms with van der Waals surface area (Å²) in [5.41, 5.74) is 0. The highest BCUT2D eigenvalue weighted by atomic mass is 79.9. The first-order valence-electron chi connectivity index (χ1n) is 3.72. The van der Waals surface area contributed by atoms with Crippen molar-refractivity contribution >= 4 is 33.8 Å². The zero-order valence-corrected chi connectivity index (χ0v) is 11.1. The average Bonchev–Trinajstić information content (AvgIpc) is 1.84. The third kappa shape index (κ3) is 7.06. The normalized spacial score (nSPS) is 14.0. The maximum absolute atomic E-state index is 11.0. The van der Waals surface area contributed by atoms with Crippen molar-refractivity contribution in [3.05, 3.63) is 11.5 Å². The molecule has 0 fully saturated rings. The van der Waals surface area contributed by atoms with Crippen LogP contribution in [0.3, 0.4) is 0 Å². The number of alkyl halides is 1. The fourth-order valence-corrected chi connectivity index (χ4v) is 2.50. The molecule has 0 heterocycles. The second-order valence-electron chi connectivity index (χ2n) is 3.91. The van der Waals surface area contributed by atoms with Crippen LogP contribution in [-0.2, 0) is 9.84 Å². The summed E-state index contributed by atoms with van der Waals surface area (Å²) in [6, 6.07) is 0.916. The van der Waals surface area contributed by atoms with Crippen molar-refractivity contribution in [1.29, 1.82) is 0 Å². The van der Waals surface area contributed by atoms with Gasteiger partial charge in [-0.3, -0.25) is 0 Å². The van der Waals surface area contributed by atoms with E-state index in [9.17, 15) is 8.42 Å². The Kier molecular flexibility index (Phi) is 4.72. The lowest BCUT2D eigenvalue weighted by atomic mass is 10.8. The van der Waals surface area contributed by atoms with Crippen LogP contribution >= 0.6 is 15.9 Å². The molecule has 0 bridgehead atoms. The second kappa shape index (κ2) is 4.57. The summed E-state index contributed by atoms with van der Waals surface area (Å²) in [5.74, 6) is 0. The van der Waals surface area contributed by atoms with Crippen LogP contribution in [-0.4, -0.2) is 21.2 Å². The smallest absolute Gasteiger partial charge is 0.181 e. The third-order valence-electron chi connectivity index (χ3n) is 1.19. The molecule has 0 aromatic carbocycles. The average molecular weight is 271 g/mol. The predicted octanol–water partition coefficient (Wildman–Crippen LogP) is 2.61. The van der Waals surface area contributed by atoms with Crippen LogP contribution in [0, 0.1) is 0 Å². The van der Waals surface area contributed by atoms with E-state index < -0.39 is 17.9 Å². The molecule has 12 heavy (non-hydrogen) atoms. The van der Waals surface area contributed by atoms with Crippen LogP contribution in [0.1, 0.15) is 0 Å². The molecule has 5 heteroatoms. The molecule has 0 amide bonds. The van der Waals surface area contributed by atoms with E-state index in [0.717, 1.165) is 6.04 Å². The number of hydrogen-bond acceptors (Lipinski definition) is 2. The van der Waals surface area contributed by atoms with Gasteiger partial charge in [0.05, 0.1) is 0 Å². The molecule has 0 atom stereocenters. The van der Waals surface area contributed by atoms with Gasteiger partial charge in [-0.05, 0) is 6.04 Å². The molecule has 72 valence electrons. The summed E-state index contributed by atoms with van der Waals surface area (Å²) in [4.78, 5) is 0. The van der Waals surface area contributed by atoms with Crippen molar-refractivity contribution in [2.24, 2.45) is 0 Å². The van der Waals surface area contributed by atoms with Crippen molar-refractivity contribution in [2.45, 2.75) is 25.7 Å². The Bertz CT molecular complexity index is 251. The molecule has 0 saturated carbocycles. The molecule has 2 nitrogen and oxygen atoms in total. The van der Waals surface area contributed by atoms with Crippen LogP contribution in [0.5, 0.6) is 0 Å². The number of rotatable bonds is 4. The Hall–Kier alpha value is 0.387. The summed E-state index contributed by atoms with van der Waals surface area (Å²) in [7, 11) is -4.12. The Labute approximate surface area is 84.1 Å². The highest BCUT2D eigenvalue weighted by Gasteiger charge is 2.10. The Balaban J connectivity index is 4.11. The minimum absolute atomic E-state index is 0.0161. The lowest BCUT2D eigenvalue weighted by molar-refractivity contribution is 0.609. The summed E-state index contributed by atoms with van der Waals surface area (Å²) in [5, 5.41) is 1.31. The summed E-state index contributed by atoms with van der Waals surface area (Å²) in [6.07, 6.45) is 1.77. The van der Waals surface area contributed by atoms with Gasteiger partial charge in [0.15, 0.2) is 9.84 Å². The maximum atomic E-state index is 11.0. The van der Waals surface area contributed by atoms with Gasteiger partial charge < -0.3 is 0 Å². The summed E-state index contributed by atoms with van der Waals surface area (Å²) >= 11 is 2.92. The zero-order valence-electron chi connectivity index (χ0n) is 7.67. The lowest BCUT2D eigenvalue weighted by Crippen LogP contribution is -2.17. The molecule has 0 rings (SSSR count). The van der Waals surface area contributed by atoms with Crippen molar-refractivity contribution in [1.82, 2.24) is 0 Å². The largest absolute Gasteiger partial charge is 0.223 e. The lowest BCUT2D eigenvalue weighted by Gasteiger charge is -2.11. The first-order chi connectivity index (χ1) is 5.27.